The fourth-order valence-corrected chi connectivity index (χ4v) is 8.59. The molecule has 0 saturated carbocycles. The van der Waals surface area contributed by atoms with E-state index in [-0.39, 0.29) is 71.1 Å². The molecular formula is C54H100N6O9. The van der Waals surface area contributed by atoms with Gasteiger partial charge in [-0.05, 0) is 116 Å². The number of ether oxygens (including phenoxy) is 2. The average molecular weight is 977 g/mol. The van der Waals surface area contributed by atoms with Crippen LogP contribution >= 0.6 is 0 Å². The maximum Gasteiger partial charge on any atom is 0.333 e. The molecule has 15 heteroatoms. The molecule has 2 saturated heterocycles. The number of rotatable bonds is 19. The Hall–Kier alpha value is -3.82. The van der Waals surface area contributed by atoms with Crippen molar-refractivity contribution in [2.75, 3.05) is 40.4 Å². The second-order valence-corrected chi connectivity index (χ2v) is 22.0. The van der Waals surface area contributed by atoms with E-state index in [0.29, 0.717) is 36.4 Å². The van der Waals surface area contributed by atoms with Crippen molar-refractivity contribution in [1.82, 2.24) is 24.9 Å². The zero-order chi connectivity index (χ0) is 53.7. The number of carboxylic acids is 1. The molecule has 400 valence electrons. The van der Waals surface area contributed by atoms with Crippen LogP contribution in [-0.2, 0) is 38.2 Å². The molecule has 0 radical (unpaired) electrons. The van der Waals surface area contributed by atoms with Gasteiger partial charge in [-0.1, -0.05) is 108 Å². The van der Waals surface area contributed by atoms with Crippen molar-refractivity contribution in [1.29, 1.82) is 0 Å². The average Bonchev–Trinajstić information content (AvgIpc) is 3.29. The van der Waals surface area contributed by atoms with Crippen molar-refractivity contribution in [3.05, 3.63) is 23.3 Å². The highest BCUT2D eigenvalue weighted by Gasteiger charge is 2.40. The van der Waals surface area contributed by atoms with Gasteiger partial charge in [0.15, 0.2) is 0 Å². The molecule has 2 aliphatic heterocycles. The summed E-state index contributed by atoms with van der Waals surface area (Å²) in [5, 5.41) is 12.1. The van der Waals surface area contributed by atoms with Gasteiger partial charge in [0.05, 0.1) is 37.4 Å². The van der Waals surface area contributed by atoms with Crippen molar-refractivity contribution < 1.29 is 43.3 Å². The zero-order valence-corrected chi connectivity index (χ0v) is 47.0. The third kappa shape index (κ3) is 21.2. The summed E-state index contributed by atoms with van der Waals surface area (Å²) in [4.78, 5) is 82.4. The summed E-state index contributed by atoms with van der Waals surface area (Å²) in [6.07, 6.45) is 11.6. The number of carbonyl (C=O) groups excluding carboxylic acids is 5. The first-order valence-electron chi connectivity index (χ1n) is 25.9. The van der Waals surface area contributed by atoms with E-state index in [1.807, 2.05) is 69.2 Å². The summed E-state index contributed by atoms with van der Waals surface area (Å²) >= 11 is 0. The Labute approximate surface area is 419 Å². The van der Waals surface area contributed by atoms with Crippen LogP contribution in [0.3, 0.4) is 0 Å². The van der Waals surface area contributed by atoms with Gasteiger partial charge >= 0.3 is 17.9 Å². The second-order valence-electron chi connectivity index (χ2n) is 22.0. The number of likely N-dealkylation sites (tertiary alicyclic amines) is 2. The van der Waals surface area contributed by atoms with Gasteiger partial charge in [-0.15, -0.1) is 0 Å². The van der Waals surface area contributed by atoms with Crippen molar-refractivity contribution in [2.24, 2.45) is 28.4 Å². The maximum absolute atomic E-state index is 13.8. The lowest BCUT2D eigenvalue weighted by Gasteiger charge is -2.41. The lowest BCUT2D eigenvalue weighted by Crippen LogP contribution is -2.60. The summed E-state index contributed by atoms with van der Waals surface area (Å²) < 4.78 is 10.1. The van der Waals surface area contributed by atoms with Crippen LogP contribution in [0, 0.1) is 22.7 Å². The van der Waals surface area contributed by atoms with E-state index in [0.717, 1.165) is 64.5 Å². The Bertz CT molecular complexity index is 1680. The minimum atomic E-state index is -0.678. The topological polar surface area (TPSA) is 192 Å². The summed E-state index contributed by atoms with van der Waals surface area (Å²) in [5.74, 6) is -1.50. The monoisotopic (exact) mass is 977 g/mol. The first-order chi connectivity index (χ1) is 31.8. The molecule has 6 unspecified atom stereocenters. The third-order valence-electron chi connectivity index (χ3n) is 13.6. The number of carboxylic acid groups (broad SMARTS) is 1. The highest BCUT2D eigenvalue weighted by molar-refractivity contribution is 5.91. The minimum Gasteiger partial charge on any atom is -0.480 e. The summed E-state index contributed by atoms with van der Waals surface area (Å²) in [5.41, 5.74) is 6.26. The SMILES string of the molecule is CCC(C)N1CCCCC1C(=O)O.CCOC(=O)/C(C)=C/[C@H](C(C)C)N(C)C(=O)C(N)C(C)(C)C.CCOC(=O)/C(C)=C/[C@H](C(C)C)N(C)C(=O)C(NC(=O)C1CCCCN1C(C)CC)C(C)(C)C. The number of hydrogen-bond acceptors (Lipinski definition) is 11. The number of hydrogen-bond donors (Lipinski definition) is 3. The number of nitrogens with zero attached hydrogens (tertiary/aromatic N) is 4. The predicted molar refractivity (Wildman–Crippen MR) is 278 cm³/mol. The van der Waals surface area contributed by atoms with E-state index < -0.39 is 23.5 Å². The van der Waals surface area contributed by atoms with Crippen molar-refractivity contribution >= 4 is 35.6 Å². The first kappa shape index (κ1) is 65.2. The summed E-state index contributed by atoms with van der Waals surface area (Å²) in [6, 6.07) is -1.49. The van der Waals surface area contributed by atoms with Crippen LogP contribution < -0.4 is 11.1 Å². The molecule has 8 atom stereocenters. The predicted octanol–water partition coefficient (Wildman–Crippen LogP) is 8.24. The van der Waals surface area contributed by atoms with Crippen LogP contribution in [0.1, 0.15) is 176 Å². The van der Waals surface area contributed by atoms with Gasteiger partial charge in [0.2, 0.25) is 17.7 Å². The highest BCUT2D eigenvalue weighted by atomic mass is 16.5. The van der Waals surface area contributed by atoms with Gasteiger partial charge in [0, 0.05) is 37.3 Å². The summed E-state index contributed by atoms with van der Waals surface area (Å²) in [6.45, 7) is 37.7. The van der Waals surface area contributed by atoms with Gasteiger partial charge in [0.25, 0.3) is 0 Å². The van der Waals surface area contributed by atoms with Gasteiger partial charge in [-0.25, -0.2) is 9.59 Å². The van der Waals surface area contributed by atoms with Gasteiger partial charge < -0.3 is 35.4 Å². The molecule has 15 nitrogen and oxygen atoms in total. The number of likely N-dealkylation sites (N-methyl/N-ethyl adjacent to an activating group) is 2. The summed E-state index contributed by atoms with van der Waals surface area (Å²) in [7, 11) is 3.48. The van der Waals surface area contributed by atoms with E-state index >= 15 is 0 Å². The van der Waals surface area contributed by atoms with Gasteiger partial charge in [-0.3, -0.25) is 29.0 Å². The van der Waals surface area contributed by atoms with E-state index in [9.17, 15) is 28.8 Å². The Balaban J connectivity index is 0.00000112. The van der Waals surface area contributed by atoms with Crippen molar-refractivity contribution in [3.63, 3.8) is 0 Å². The van der Waals surface area contributed by atoms with Gasteiger partial charge in [0.1, 0.15) is 12.1 Å². The number of amides is 3. The van der Waals surface area contributed by atoms with E-state index in [1.54, 1.807) is 63.7 Å². The number of aliphatic carboxylic acids is 1. The molecule has 0 aliphatic carbocycles. The normalized spacial score (nSPS) is 20.1. The maximum atomic E-state index is 13.8. The third-order valence-corrected chi connectivity index (χ3v) is 13.6. The fourth-order valence-electron chi connectivity index (χ4n) is 8.59. The molecule has 2 aliphatic rings. The fraction of sp³-hybridized carbons (Fsp3) is 0.815. The molecule has 69 heavy (non-hydrogen) atoms. The number of nitrogens with one attached hydrogen (secondary N) is 1. The van der Waals surface area contributed by atoms with E-state index in [1.165, 1.54) is 0 Å². The second kappa shape index (κ2) is 30.8. The molecule has 0 spiro atoms. The Morgan fingerprint density at radius 2 is 1.03 bits per heavy atom. The first-order valence-corrected chi connectivity index (χ1v) is 25.9. The van der Waals surface area contributed by atoms with Crippen LogP contribution in [0.25, 0.3) is 0 Å². The highest BCUT2D eigenvalue weighted by Crippen LogP contribution is 2.27. The van der Waals surface area contributed by atoms with Crippen LogP contribution in [0.4, 0.5) is 0 Å². The minimum absolute atomic E-state index is 0.0685. The number of piperidine rings is 2. The molecule has 4 N–H and O–H groups in total. The lowest BCUT2D eigenvalue weighted by atomic mass is 9.84. The Morgan fingerprint density at radius 1 is 0.652 bits per heavy atom. The van der Waals surface area contributed by atoms with E-state index in [4.69, 9.17) is 20.3 Å². The number of carbonyl (C=O) groups is 6. The van der Waals surface area contributed by atoms with Gasteiger partial charge in [-0.2, -0.15) is 0 Å². The van der Waals surface area contributed by atoms with Crippen molar-refractivity contribution in [3.8, 4) is 0 Å². The van der Waals surface area contributed by atoms with Crippen molar-refractivity contribution in [2.45, 2.75) is 224 Å². The Morgan fingerprint density at radius 3 is 1.36 bits per heavy atom. The van der Waals surface area contributed by atoms with E-state index in [2.05, 4.69) is 42.8 Å². The molecule has 0 bridgehead atoms. The zero-order valence-electron chi connectivity index (χ0n) is 47.0. The largest absolute Gasteiger partial charge is 0.480 e. The van der Waals surface area contributed by atoms with Crippen LogP contribution in [0.2, 0.25) is 0 Å². The molecule has 2 fully saturated rings. The standard InChI is InChI=1S/C27H49N3O4.C17H32N2O3.C10H19NO2/c1-11-20(6)30-16-14-13-15-21(30)24(31)28-23(27(7,8)9)25(32)29(10)22(18(3)4)17-19(5)26(33)34-12-2;1-9-22-16(21)12(4)10-13(11(2)3)19(8)15(20)14(18)17(5,6)7;1-3-8(2)11-7-5-4-6-9(11)10(12)13/h17-18,20-23H,11-16H2,1-10H3,(H,28,31);10-11,13-14H,9,18H2,1-8H3;8-9H,3-7H2,1-2H3,(H,12,13)/b19-17+;12-10+;/t20?,21?,22-,23?;13-,14?;/m11./s1. The molecule has 2 rings (SSSR count). The molecule has 3 amide bonds. The molecular weight excluding hydrogens is 877 g/mol. The Kier molecular flexibility index (Phi) is 29.1. The molecule has 0 aromatic rings. The lowest BCUT2D eigenvalue weighted by molar-refractivity contribution is -0.146. The van der Waals surface area contributed by atoms with Crippen LogP contribution in [-0.4, -0.2) is 149 Å². The van der Waals surface area contributed by atoms with Crippen LogP contribution in [0.15, 0.2) is 23.3 Å². The van der Waals surface area contributed by atoms with Crippen LogP contribution in [0.5, 0.6) is 0 Å². The molecule has 0 aromatic heterocycles. The smallest absolute Gasteiger partial charge is 0.333 e. The number of nitrogens with two attached hydrogens (primary N) is 1. The molecule has 0 aromatic carbocycles. The quantitative estimate of drug-likeness (QED) is 0.0831. The molecule has 2 heterocycles. The number of esters is 2.